The maximum Gasteiger partial charge on any atom is 0.325 e. The number of aromatic nitrogens is 1. The lowest BCUT2D eigenvalue weighted by molar-refractivity contribution is -0.134. The van der Waals surface area contributed by atoms with E-state index in [1.165, 1.54) is 0 Å². The lowest BCUT2D eigenvalue weighted by Gasteiger charge is -2.33. The molecule has 2 aliphatic rings. The Bertz CT molecular complexity index is 942. The van der Waals surface area contributed by atoms with Gasteiger partial charge in [0.2, 0.25) is 5.91 Å². The third-order valence-electron chi connectivity index (χ3n) is 5.11. The lowest BCUT2D eigenvalue weighted by atomic mass is 9.76. The zero-order valence-corrected chi connectivity index (χ0v) is 15.0. The van der Waals surface area contributed by atoms with Crippen LogP contribution in [0.2, 0.25) is 0 Å². The van der Waals surface area contributed by atoms with Crippen LogP contribution in [0.25, 0.3) is 0 Å². The highest BCUT2D eigenvalue weighted by Gasteiger charge is 2.54. The van der Waals surface area contributed by atoms with Crippen molar-refractivity contribution >= 4 is 23.7 Å². The van der Waals surface area contributed by atoms with Crippen LogP contribution in [0.5, 0.6) is 0 Å². The fourth-order valence-electron chi connectivity index (χ4n) is 3.89. The topological polar surface area (TPSA) is 91.4 Å². The van der Waals surface area contributed by atoms with Crippen molar-refractivity contribution in [1.82, 2.24) is 15.2 Å². The summed E-state index contributed by atoms with van der Waals surface area (Å²) in [5, 5.41) is 5.48. The Morgan fingerprint density at radius 3 is 2.85 bits per heavy atom. The van der Waals surface area contributed by atoms with Gasteiger partial charge in [-0.15, -0.1) is 0 Å². The normalized spacial score (nSPS) is 21.1. The molecule has 1 atom stereocenters. The standard InChI is InChI=1S/C20H20N4O3/c1-13-6-4-10-16(21-13)22-17(25)12-24-18(26)20(23-19(24)27)11-5-8-14-7-2-3-9-15(14)20/h2-4,6-7,9-10H,5,8,11-12H2,1H3,(H,23,27)(H,21,22,25)/t20-/m1/s1. The number of nitrogens with zero attached hydrogens (tertiary/aromatic N) is 2. The number of amides is 4. The zero-order chi connectivity index (χ0) is 19.0. The number of carbonyl (C=O) groups excluding carboxylic acids is 3. The Kier molecular flexibility index (Phi) is 4.14. The molecule has 4 amide bonds. The first-order chi connectivity index (χ1) is 13.0. The molecule has 1 fully saturated rings. The Balaban J connectivity index is 1.55. The van der Waals surface area contributed by atoms with Crippen molar-refractivity contribution in [3.63, 3.8) is 0 Å². The summed E-state index contributed by atoms with van der Waals surface area (Å²) in [4.78, 5) is 43.2. The summed E-state index contributed by atoms with van der Waals surface area (Å²) < 4.78 is 0. The predicted octanol–water partition coefficient (Wildman–Crippen LogP) is 2.11. The summed E-state index contributed by atoms with van der Waals surface area (Å²) >= 11 is 0. The highest BCUT2D eigenvalue weighted by molar-refractivity contribution is 6.10. The van der Waals surface area contributed by atoms with E-state index in [-0.39, 0.29) is 12.5 Å². The van der Waals surface area contributed by atoms with E-state index in [0.717, 1.165) is 34.6 Å². The number of fused-ring (bicyclic) bond motifs is 2. The van der Waals surface area contributed by atoms with Gasteiger partial charge in [-0.05, 0) is 49.4 Å². The van der Waals surface area contributed by atoms with E-state index >= 15 is 0 Å². The first-order valence-electron chi connectivity index (χ1n) is 8.96. The number of carbonyl (C=O) groups is 3. The molecule has 4 rings (SSSR count). The molecule has 2 heterocycles. The van der Waals surface area contributed by atoms with Gasteiger partial charge in [0, 0.05) is 5.69 Å². The number of pyridine rings is 1. The van der Waals surface area contributed by atoms with E-state index < -0.39 is 17.5 Å². The van der Waals surface area contributed by atoms with Crippen molar-refractivity contribution < 1.29 is 14.4 Å². The summed E-state index contributed by atoms with van der Waals surface area (Å²) in [6, 6.07) is 12.4. The third-order valence-corrected chi connectivity index (χ3v) is 5.11. The van der Waals surface area contributed by atoms with Crippen LogP contribution in [0.1, 0.15) is 29.7 Å². The maximum atomic E-state index is 13.1. The number of aryl methyl sites for hydroxylation is 2. The lowest BCUT2D eigenvalue weighted by Crippen LogP contribution is -2.47. The monoisotopic (exact) mass is 364 g/mol. The summed E-state index contributed by atoms with van der Waals surface area (Å²) in [6.07, 6.45) is 2.21. The van der Waals surface area contributed by atoms with Crippen molar-refractivity contribution in [2.24, 2.45) is 0 Å². The molecule has 0 saturated carbocycles. The van der Waals surface area contributed by atoms with Crippen LogP contribution < -0.4 is 10.6 Å². The van der Waals surface area contributed by atoms with Gasteiger partial charge in [-0.3, -0.25) is 14.5 Å². The number of hydrogen-bond acceptors (Lipinski definition) is 4. The molecule has 1 aliphatic carbocycles. The van der Waals surface area contributed by atoms with E-state index in [2.05, 4.69) is 15.6 Å². The minimum absolute atomic E-state index is 0.343. The maximum absolute atomic E-state index is 13.1. The van der Waals surface area contributed by atoms with E-state index in [4.69, 9.17) is 0 Å². The molecule has 7 heteroatoms. The SMILES string of the molecule is Cc1cccc(NC(=O)CN2C(=O)N[C@@]3(CCCc4ccccc43)C2=O)n1. The molecule has 1 saturated heterocycles. The highest BCUT2D eigenvalue weighted by atomic mass is 16.2. The predicted molar refractivity (Wildman–Crippen MR) is 98.9 cm³/mol. The second-order valence-electron chi connectivity index (χ2n) is 6.95. The first-order valence-corrected chi connectivity index (χ1v) is 8.96. The quantitative estimate of drug-likeness (QED) is 0.816. The van der Waals surface area contributed by atoms with Gasteiger partial charge in [-0.25, -0.2) is 9.78 Å². The molecule has 1 aromatic carbocycles. The second-order valence-corrected chi connectivity index (χ2v) is 6.95. The first kappa shape index (κ1) is 17.2. The van der Waals surface area contributed by atoms with Gasteiger partial charge in [-0.2, -0.15) is 0 Å². The summed E-state index contributed by atoms with van der Waals surface area (Å²) in [7, 11) is 0. The number of rotatable bonds is 3. The Morgan fingerprint density at radius 2 is 2.04 bits per heavy atom. The number of hydrogen-bond donors (Lipinski definition) is 2. The fourth-order valence-corrected chi connectivity index (χ4v) is 3.89. The smallest absolute Gasteiger partial charge is 0.319 e. The minimum Gasteiger partial charge on any atom is -0.319 e. The molecule has 7 nitrogen and oxygen atoms in total. The van der Waals surface area contributed by atoms with Gasteiger partial charge in [0.25, 0.3) is 5.91 Å². The number of urea groups is 1. The summed E-state index contributed by atoms with van der Waals surface area (Å²) in [5.74, 6) is -0.436. The third kappa shape index (κ3) is 2.95. The van der Waals surface area contributed by atoms with Gasteiger partial charge in [0.15, 0.2) is 0 Å². The average Bonchev–Trinajstić information content (AvgIpc) is 2.87. The van der Waals surface area contributed by atoms with Crippen LogP contribution in [0, 0.1) is 6.92 Å². The van der Waals surface area contributed by atoms with Crippen molar-refractivity contribution in [3.8, 4) is 0 Å². The number of imide groups is 1. The molecule has 0 radical (unpaired) electrons. The van der Waals surface area contributed by atoms with E-state index in [9.17, 15) is 14.4 Å². The van der Waals surface area contributed by atoms with Gasteiger partial charge < -0.3 is 10.6 Å². The van der Waals surface area contributed by atoms with Gasteiger partial charge in [0.1, 0.15) is 17.9 Å². The number of nitrogens with one attached hydrogen (secondary N) is 2. The molecule has 1 aromatic heterocycles. The number of anilines is 1. The Morgan fingerprint density at radius 1 is 1.22 bits per heavy atom. The van der Waals surface area contributed by atoms with Crippen molar-refractivity contribution in [2.45, 2.75) is 31.7 Å². The average molecular weight is 364 g/mol. The van der Waals surface area contributed by atoms with Crippen molar-refractivity contribution in [1.29, 1.82) is 0 Å². The van der Waals surface area contributed by atoms with Gasteiger partial charge in [-0.1, -0.05) is 30.3 Å². The van der Waals surface area contributed by atoms with Crippen molar-refractivity contribution in [2.75, 3.05) is 11.9 Å². The molecule has 1 spiro atoms. The van der Waals surface area contributed by atoms with Gasteiger partial charge in [0.05, 0.1) is 0 Å². The number of benzene rings is 1. The zero-order valence-electron chi connectivity index (χ0n) is 15.0. The van der Waals surface area contributed by atoms with Crippen LogP contribution in [0.15, 0.2) is 42.5 Å². The van der Waals surface area contributed by atoms with Crippen LogP contribution in [-0.4, -0.2) is 34.3 Å². The second kappa shape index (κ2) is 6.50. The van der Waals surface area contributed by atoms with Gasteiger partial charge >= 0.3 is 6.03 Å². The van der Waals surface area contributed by atoms with Crippen LogP contribution in [0.4, 0.5) is 10.6 Å². The van der Waals surface area contributed by atoms with Crippen LogP contribution in [-0.2, 0) is 21.5 Å². The summed E-state index contributed by atoms with van der Waals surface area (Å²) in [6.45, 7) is 1.47. The molecule has 0 unspecified atom stereocenters. The molecule has 2 aromatic rings. The van der Waals surface area contributed by atoms with E-state index in [1.807, 2.05) is 37.3 Å². The van der Waals surface area contributed by atoms with Crippen LogP contribution >= 0.6 is 0 Å². The highest BCUT2D eigenvalue weighted by Crippen LogP contribution is 2.39. The molecular formula is C20H20N4O3. The summed E-state index contributed by atoms with van der Waals surface area (Å²) in [5.41, 5.74) is 1.60. The Hall–Kier alpha value is -3.22. The largest absolute Gasteiger partial charge is 0.325 e. The minimum atomic E-state index is -1.06. The van der Waals surface area contributed by atoms with E-state index in [0.29, 0.717) is 12.2 Å². The molecule has 27 heavy (non-hydrogen) atoms. The fraction of sp³-hybridized carbons (Fsp3) is 0.300. The Labute approximate surface area is 156 Å². The molecular weight excluding hydrogens is 344 g/mol. The van der Waals surface area contributed by atoms with E-state index in [1.54, 1.807) is 12.1 Å². The molecule has 0 bridgehead atoms. The molecule has 1 aliphatic heterocycles. The van der Waals surface area contributed by atoms with Crippen LogP contribution in [0.3, 0.4) is 0 Å². The van der Waals surface area contributed by atoms with Crippen molar-refractivity contribution in [3.05, 3.63) is 59.3 Å². The molecule has 2 N–H and O–H groups in total. The molecule has 138 valence electrons.